The van der Waals surface area contributed by atoms with Crippen molar-refractivity contribution < 1.29 is 19.4 Å². The summed E-state index contributed by atoms with van der Waals surface area (Å²) in [6.07, 6.45) is 1.05. The van der Waals surface area contributed by atoms with Crippen LogP contribution < -0.4 is 10.1 Å². The van der Waals surface area contributed by atoms with E-state index >= 15 is 0 Å². The van der Waals surface area contributed by atoms with Crippen molar-refractivity contribution >= 4 is 23.5 Å². The Morgan fingerprint density at radius 2 is 2.11 bits per heavy atom. The standard InChI is InChI=1S/C13H16ClNO4/c1-2-5-10(13(17)18)15-12(16)8-19-11-7-4-3-6-9(11)14/h3-4,6-7,10H,2,5,8H2,1H3,(H,15,16)(H,17,18)/t10-/m0/s1. The second-order valence-corrected chi connectivity index (χ2v) is 4.37. The summed E-state index contributed by atoms with van der Waals surface area (Å²) in [4.78, 5) is 22.5. The van der Waals surface area contributed by atoms with Gasteiger partial charge in [-0.15, -0.1) is 0 Å². The van der Waals surface area contributed by atoms with Gasteiger partial charge in [0, 0.05) is 0 Å². The average molecular weight is 286 g/mol. The summed E-state index contributed by atoms with van der Waals surface area (Å²) in [5, 5.41) is 11.7. The molecule has 6 heteroatoms. The maximum absolute atomic E-state index is 11.6. The maximum atomic E-state index is 11.6. The summed E-state index contributed by atoms with van der Waals surface area (Å²) in [5.74, 6) is -1.14. The number of para-hydroxylation sites is 1. The number of carbonyl (C=O) groups is 2. The highest BCUT2D eigenvalue weighted by molar-refractivity contribution is 6.32. The van der Waals surface area contributed by atoms with Crippen LogP contribution in [0, 0.1) is 0 Å². The van der Waals surface area contributed by atoms with Gasteiger partial charge in [0.2, 0.25) is 0 Å². The molecule has 2 N–H and O–H groups in total. The zero-order chi connectivity index (χ0) is 14.3. The zero-order valence-corrected chi connectivity index (χ0v) is 11.3. The Morgan fingerprint density at radius 3 is 2.68 bits per heavy atom. The molecule has 0 spiro atoms. The van der Waals surface area contributed by atoms with Gasteiger partial charge in [0.15, 0.2) is 6.61 Å². The minimum absolute atomic E-state index is 0.267. The molecule has 0 heterocycles. The van der Waals surface area contributed by atoms with E-state index < -0.39 is 17.9 Å². The van der Waals surface area contributed by atoms with Crippen LogP contribution in [0.4, 0.5) is 0 Å². The Kier molecular flexibility index (Phi) is 6.15. The highest BCUT2D eigenvalue weighted by atomic mass is 35.5. The number of carbonyl (C=O) groups excluding carboxylic acids is 1. The molecule has 0 saturated heterocycles. The third-order valence-corrected chi connectivity index (χ3v) is 2.72. The molecule has 0 aliphatic rings. The van der Waals surface area contributed by atoms with E-state index in [-0.39, 0.29) is 6.61 Å². The Labute approximate surface area is 116 Å². The van der Waals surface area contributed by atoms with Crippen molar-refractivity contribution in [2.45, 2.75) is 25.8 Å². The largest absolute Gasteiger partial charge is 0.482 e. The van der Waals surface area contributed by atoms with Crippen LogP contribution in [0.3, 0.4) is 0 Å². The third kappa shape index (κ3) is 5.18. The topological polar surface area (TPSA) is 75.6 Å². The lowest BCUT2D eigenvalue weighted by Gasteiger charge is -2.14. The normalized spacial score (nSPS) is 11.7. The number of amides is 1. The van der Waals surface area contributed by atoms with E-state index in [2.05, 4.69) is 5.32 Å². The molecule has 0 bridgehead atoms. The monoisotopic (exact) mass is 285 g/mol. The lowest BCUT2D eigenvalue weighted by Crippen LogP contribution is -2.42. The Balaban J connectivity index is 2.47. The summed E-state index contributed by atoms with van der Waals surface area (Å²) in [6, 6.07) is 5.88. The van der Waals surface area contributed by atoms with Crippen molar-refractivity contribution in [3.8, 4) is 5.75 Å². The highest BCUT2D eigenvalue weighted by Gasteiger charge is 2.18. The predicted octanol–water partition coefficient (Wildman–Crippen LogP) is 2.09. The fourth-order valence-electron chi connectivity index (χ4n) is 1.49. The number of rotatable bonds is 7. The fraction of sp³-hybridized carbons (Fsp3) is 0.385. The van der Waals surface area contributed by atoms with Gasteiger partial charge in [0.05, 0.1) is 5.02 Å². The first-order chi connectivity index (χ1) is 9.04. The molecule has 1 atom stereocenters. The molecule has 0 fully saturated rings. The van der Waals surface area contributed by atoms with Crippen molar-refractivity contribution in [3.05, 3.63) is 29.3 Å². The first kappa shape index (κ1) is 15.3. The number of ether oxygens (including phenoxy) is 1. The number of carboxylic acids is 1. The van der Waals surface area contributed by atoms with Gasteiger partial charge < -0.3 is 15.2 Å². The first-order valence-corrected chi connectivity index (χ1v) is 6.32. The third-order valence-electron chi connectivity index (χ3n) is 2.41. The van der Waals surface area contributed by atoms with Crippen molar-refractivity contribution in [1.29, 1.82) is 0 Å². The van der Waals surface area contributed by atoms with Crippen molar-refractivity contribution in [1.82, 2.24) is 5.32 Å². The van der Waals surface area contributed by atoms with Crippen LogP contribution in [0.1, 0.15) is 19.8 Å². The second kappa shape index (κ2) is 7.63. The van der Waals surface area contributed by atoms with E-state index in [1.165, 1.54) is 0 Å². The van der Waals surface area contributed by atoms with E-state index in [1.807, 2.05) is 6.92 Å². The molecule has 1 rings (SSSR count). The Bertz CT molecular complexity index is 450. The first-order valence-electron chi connectivity index (χ1n) is 5.94. The van der Waals surface area contributed by atoms with E-state index in [0.717, 1.165) is 0 Å². The maximum Gasteiger partial charge on any atom is 0.326 e. The smallest absolute Gasteiger partial charge is 0.326 e. The summed E-state index contributed by atoms with van der Waals surface area (Å²) in [7, 11) is 0. The molecular weight excluding hydrogens is 270 g/mol. The minimum atomic E-state index is -1.05. The fourth-order valence-corrected chi connectivity index (χ4v) is 1.68. The summed E-state index contributed by atoms with van der Waals surface area (Å²) < 4.78 is 5.22. The number of carboxylic acid groups (broad SMARTS) is 1. The molecule has 104 valence electrons. The van der Waals surface area contributed by atoms with E-state index in [1.54, 1.807) is 24.3 Å². The molecule has 0 aromatic heterocycles. The molecule has 0 unspecified atom stereocenters. The predicted molar refractivity (Wildman–Crippen MR) is 71.4 cm³/mol. The zero-order valence-electron chi connectivity index (χ0n) is 10.6. The number of hydrogen-bond acceptors (Lipinski definition) is 3. The van der Waals surface area contributed by atoms with Crippen LogP contribution in [-0.2, 0) is 9.59 Å². The Morgan fingerprint density at radius 1 is 1.42 bits per heavy atom. The summed E-state index contributed by atoms with van der Waals surface area (Å²) in [6.45, 7) is 1.58. The van der Waals surface area contributed by atoms with E-state index in [9.17, 15) is 9.59 Å². The van der Waals surface area contributed by atoms with Gasteiger partial charge in [-0.3, -0.25) is 4.79 Å². The molecule has 1 aromatic rings. The number of aliphatic carboxylic acids is 1. The number of hydrogen-bond donors (Lipinski definition) is 2. The molecule has 19 heavy (non-hydrogen) atoms. The molecular formula is C13H16ClNO4. The number of halogens is 1. The highest BCUT2D eigenvalue weighted by Crippen LogP contribution is 2.22. The Hall–Kier alpha value is -1.75. The van der Waals surface area contributed by atoms with Gasteiger partial charge in [-0.1, -0.05) is 37.1 Å². The van der Waals surface area contributed by atoms with Crippen LogP contribution in [0.25, 0.3) is 0 Å². The van der Waals surface area contributed by atoms with Gasteiger partial charge in [-0.25, -0.2) is 4.79 Å². The lowest BCUT2D eigenvalue weighted by atomic mass is 10.2. The molecule has 0 aliphatic carbocycles. The second-order valence-electron chi connectivity index (χ2n) is 3.97. The van der Waals surface area contributed by atoms with Crippen LogP contribution in [0.2, 0.25) is 5.02 Å². The summed E-state index contributed by atoms with van der Waals surface area (Å²) >= 11 is 5.86. The van der Waals surface area contributed by atoms with Gasteiger partial charge >= 0.3 is 5.97 Å². The molecule has 0 saturated carbocycles. The summed E-state index contributed by atoms with van der Waals surface area (Å²) in [5.41, 5.74) is 0. The number of benzene rings is 1. The van der Waals surface area contributed by atoms with Gasteiger partial charge in [-0.05, 0) is 18.6 Å². The van der Waals surface area contributed by atoms with Crippen LogP contribution >= 0.6 is 11.6 Å². The lowest BCUT2D eigenvalue weighted by molar-refractivity contribution is -0.142. The van der Waals surface area contributed by atoms with Crippen molar-refractivity contribution in [3.63, 3.8) is 0 Å². The van der Waals surface area contributed by atoms with Crippen LogP contribution in [0.15, 0.2) is 24.3 Å². The number of nitrogens with one attached hydrogen (secondary N) is 1. The van der Waals surface area contributed by atoms with E-state index in [4.69, 9.17) is 21.4 Å². The molecule has 0 aliphatic heterocycles. The molecule has 1 amide bonds. The van der Waals surface area contributed by atoms with Gasteiger partial charge in [0.1, 0.15) is 11.8 Å². The van der Waals surface area contributed by atoms with E-state index in [0.29, 0.717) is 23.6 Å². The minimum Gasteiger partial charge on any atom is -0.482 e. The van der Waals surface area contributed by atoms with Crippen molar-refractivity contribution in [2.24, 2.45) is 0 Å². The van der Waals surface area contributed by atoms with Crippen LogP contribution in [-0.4, -0.2) is 29.6 Å². The quantitative estimate of drug-likeness (QED) is 0.804. The SMILES string of the molecule is CCC[C@H](NC(=O)COc1ccccc1Cl)C(=O)O. The van der Waals surface area contributed by atoms with Gasteiger partial charge in [0.25, 0.3) is 5.91 Å². The van der Waals surface area contributed by atoms with Crippen molar-refractivity contribution in [2.75, 3.05) is 6.61 Å². The molecule has 5 nitrogen and oxygen atoms in total. The average Bonchev–Trinajstić information content (AvgIpc) is 2.37. The molecule has 1 aromatic carbocycles. The molecule has 0 radical (unpaired) electrons. The van der Waals surface area contributed by atoms with Crippen LogP contribution in [0.5, 0.6) is 5.75 Å². The van der Waals surface area contributed by atoms with Gasteiger partial charge in [-0.2, -0.15) is 0 Å².